The minimum atomic E-state index is -0.402. The van der Waals surface area contributed by atoms with Crippen LogP contribution in [0, 0.1) is 0 Å². The molecule has 0 spiro atoms. The zero-order chi connectivity index (χ0) is 12.8. The molecular formula is C11H13Cl2NO3. The maximum Gasteiger partial charge on any atom is 0.255 e. The van der Waals surface area contributed by atoms with Crippen molar-refractivity contribution in [3.8, 4) is 5.75 Å². The van der Waals surface area contributed by atoms with Crippen molar-refractivity contribution in [2.75, 3.05) is 20.3 Å². The molecule has 94 valence electrons. The number of methoxy groups -OCH3 is 1. The van der Waals surface area contributed by atoms with Crippen LogP contribution in [0.25, 0.3) is 0 Å². The number of benzene rings is 1. The highest BCUT2D eigenvalue weighted by molar-refractivity contribution is 6.30. The fourth-order valence-corrected chi connectivity index (χ4v) is 1.60. The number of aromatic hydroxyl groups is 1. The number of halogens is 2. The van der Waals surface area contributed by atoms with Gasteiger partial charge in [-0.3, -0.25) is 4.79 Å². The predicted octanol–water partition coefficient (Wildman–Crippen LogP) is 2.03. The molecule has 0 radical (unpaired) electrons. The summed E-state index contributed by atoms with van der Waals surface area (Å²) in [5, 5.41) is 12.2. The Hall–Kier alpha value is -0.970. The number of hydrogen-bond donors (Lipinski definition) is 2. The van der Waals surface area contributed by atoms with E-state index >= 15 is 0 Å². The predicted molar refractivity (Wildman–Crippen MR) is 67.0 cm³/mol. The number of rotatable bonds is 5. The second-order valence-electron chi connectivity index (χ2n) is 3.42. The molecule has 0 bridgehead atoms. The normalized spacial score (nSPS) is 12.2. The Balaban J connectivity index is 2.58. The van der Waals surface area contributed by atoms with Gasteiger partial charge in [0.05, 0.1) is 17.5 Å². The molecule has 1 rings (SSSR count). The van der Waals surface area contributed by atoms with Gasteiger partial charge in [-0.15, -0.1) is 11.6 Å². The van der Waals surface area contributed by atoms with Crippen molar-refractivity contribution >= 4 is 29.1 Å². The van der Waals surface area contributed by atoms with E-state index in [4.69, 9.17) is 27.9 Å². The number of carbonyl (C=O) groups is 1. The van der Waals surface area contributed by atoms with Crippen LogP contribution in [0.2, 0.25) is 5.02 Å². The fourth-order valence-electron chi connectivity index (χ4n) is 1.24. The molecule has 0 fully saturated rings. The molecule has 1 aromatic carbocycles. The molecule has 1 unspecified atom stereocenters. The lowest BCUT2D eigenvalue weighted by Crippen LogP contribution is -2.31. The van der Waals surface area contributed by atoms with Gasteiger partial charge >= 0.3 is 0 Å². The highest BCUT2D eigenvalue weighted by Crippen LogP contribution is 2.21. The average molecular weight is 278 g/mol. The van der Waals surface area contributed by atoms with E-state index in [9.17, 15) is 9.90 Å². The maximum absolute atomic E-state index is 11.7. The Morgan fingerprint density at radius 3 is 2.88 bits per heavy atom. The van der Waals surface area contributed by atoms with Gasteiger partial charge in [-0.2, -0.15) is 0 Å². The summed E-state index contributed by atoms with van der Waals surface area (Å²) in [6.07, 6.45) is 0. The van der Waals surface area contributed by atoms with Gasteiger partial charge < -0.3 is 15.2 Å². The summed E-state index contributed by atoms with van der Waals surface area (Å²) in [5.41, 5.74) is 0.163. The maximum atomic E-state index is 11.7. The van der Waals surface area contributed by atoms with Crippen molar-refractivity contribution in [3.05, 3.63) is 28.8 Å². The minimum absolute atomic E-state index is 0.159. The Bertz CT molecular complexity index is 398. The second-order valence-corrected chi connectivity index (χ2v) is 4.48. The van der Waals surface area contributed by atoms with Crippen LogP contribution in [0.1, 0.15) is 10.4 Å². The van der Waals surface area contributed by atoms with Crippen molar-refractivity contribution in [2.24, 2.45) is 0 Å². The summed E-state index contributed by atoms with van der Waals surface area (Å²) in [6, 6.07) is 4.29. The average Bonchev–Trinajstić information content (AvgIpc) is 2.26. The topological polar surface area (TPSA) is 58.6 Å². The van der Waals surface area contributed by atoms with Crippen LogP contribution >= 0.6 is 23.2 Å². The molecule has 0 aliphatic heterocycles. The number of hydrogen-bond acceptors (Lipinski definition) is 3. The van der Waals surface area contributed by atoms with Gasteiger partial charge in [-0.25, -0.2) is 0 Å². The molecule has 6 heteroatoms. The van der Waals surface area contributed by atoms with Gasteiger partial charge in [-0.05, 0) is 18.2 Å². The smallest absolute Gasteiger partial charge is 0.255 e. The molecule has 0 saturated heterocycles. The number of carbonyl (C=O) groups excluding carboxylic acids is 1. The van der Waals surface area contributed by atoms with Crippen LogP contribution in [0.5, 0.6) is 5.75 Å². The van der Waals surface area contributed by atoms with Crippen molar-refractivity contribution in [2.45, 2.75) is 5.38 Å². The zero-order valence-corrected chi connectivity index (χ0v) is 10.8. The summed E-state index contributed by atoms with van der Waals surface area (Å²) in [7, 11) is 1.53. The number of phenols is 1. The molecule has 1 atom stereocenters. The summed E-state index contributed by atoms with van der Waals surface area (Å²) < 4.78 is 4.83. The van der Waals surface area contributed by atoms with Crippen LogP contribution < -0.4 is 5.32 Å². The zero-order valence-electron chi connectivity index (χ0n) is 9.24. The molecule has 0 aliphatic carbocycles. The van der Waals surface area contributed by atoms with Gasteiger partial charge in [0.1, 0.15) is 5.75 Å². The minimum Gasteiger partial charge on any atom is -0.507 e. The van der Waals surface area contributed by atoms with E-state index in [0.29, 0.717) is 11.6 Å². The van der Waals surface area contributed by atoms with E-state index in [-0.39, 0.29) is 23.2 Å². The van der Waals surface area contributed by atoms with Crippen LogP contribution in [0.15, 0.2) is 18.2 Å². The Morgan fingerprint density at radius 2 is 2.29 bits per heavy atom. The number of ether oxygens (including phenoxy) is 1. The highest BCUT2D eigenvalue weighted by atomic mass is 35.5. The summed E-state index contributed by atoms with van der Waals surface area (Å²) in [4.78, 5) is 11.7. The molecule has 1 aromatic rings. The van der Waals surface area contributed by atoms with Crippen molar-refractivity contribution in [1.29, 1.82) is 0 Å². The van der Waals surface area contributed by atoms with Gasteiger partial charge in [-0.1, -0.05) is 11.6 Å². The largest absolute Gasteiger partial charge is 0.507 e. The first-order valence-corrected chi connectivity index (χ1v) is 5.75. The molecule has 4 nitrogen and oxygen atoms in total. The Morgan fingerprint density at radius 1 is 1.59 bits per heavy atom. The number of alkyl halides is 1. The summed E-state index contributed by atoms with van der Waals surface area (Å²) in [5.74, 6) is -0.561. The quantitative estimate of drug-likeness (QED) is 0.810. The molecule has 0 aliphatic rings. The summed E-state index contributed by atoms with van der Waals surface area (Å²) >= 11 is 11.5. The molecule has 0 aromatic heterocycles. The van der Waals surface area contributed by atoms with E-state index in [1.165, 1.54) is 25.3 Å². The van der Waals surface area contributed by atoms with Gasteiger partial charge in [0.25, 0.3) is 5.91 Å². The van der Waals surface area contributed by atoms with E-state index in [1.807, 2.05) is 0 Å². The molecule has 17 heavy (non-hydrogen) atoms. The number of amides is 1. The van der Waals surface area contributed by atoms with Crippen LogP contribution in [0.4, 0.5) is 0 Å². The first kappa shape index (κ1) is 14.1. The van der Waals surface area contributed by atoms with E-state index < -0.39 is 5.91 Å². The first-order valence-electron chi connectivity index (χ1n) is 4.94. The van der Waals surface area contributed by atoms with Crippen LogP contribution in [-0.4, -0.2) is 36.7 Å². The lowest BCUT2D eigenvalue weighted by atomic mass is 10.2. The Labute approximate surface area is 109 Å². The lowest BCUT2D eigenvalue weighted by molar-refractivity contribution is 0.0946. The van der Waals surface area contributed by atoms with E-state index in [2.05, 4.69) is 5.32 Å². The fraction of sp³-hybridized carbons (Fsp3) is 0.364. The third-order valence-electron chi connectivity index (χ3n) is 2.04. The first-order chi connectivity index (χ1) is 8.04. The third kappa shape index (κ3) is 4.42. The molecular weight excluding hydrogens is 265 g/mol. The van der Waals surface area contributed by atoms with Crippen molar-refractivity contribution in [3.63, 3.8) is 0 Å². The van der Waals surface area contributed by atoms with E-state index in [1.54, 1.807) is 0 Å². The molecule has 2 N–H and O–H groups in total. The van der Waals surface area contributed by atoms with E-state index in [0.717, 1.165) is 0 Å². The number of phenolic OH excluding ortho intramolecular Hbond substituents is 1. The monoisotopic (exact) mass is 277 g/mol. The van der Waals surface area contributed by atoms with Gasteiger partial charge in [0.15, 0.2) is 0 Å². The highest BCUT2D eigenvalue weighted by Gasteiger charge is 2.12. The Kier molecular flexibility index (Phi) is 5.55. The second kappa shape index (κ2) is 6.69. The third-order valence-corrected chi connectivity index (χ3v) is 2.55. The summed E-state index contributed by atoms with van der Waals surface area (Å²) in [6.45, 7) is 0.602. The van der Waals surface area contributed by atoms with Crippen molar-refractivity contribution < 1.29 is 14.6 Å². The van der Waals surface area contributed by atoms with Crippen LogP contribution in [-0.2, 0) is 4.74 Å². The molecule has 0 heterocycles. The standard InChI is InChI=1S/C11H13Cl2NO3/c1-17-6-8(13)5-14-11(16)9-3-2-7(12)4-10(9)15/h2-4,8,15H,5-6H2,1H3,(H,14,16). The van der Waals surface area contributed by atoms with Crippen LogP contribution in [0.3, 0.4) is 0 Å². The lowest BCUT2D eigenvalue weighted by Gasteiger charge is -2.10. The molecule has 0 saturated carbocycles. The van der Waals surface area contributed by atoms with Gasteiger partial charge in [0.2, 0.25) is 0 Å². The van der Waals surface area contributed by atoms with Gasteiger partial charge in [0, 0.05) is 18.7 Å². The van der Waals surface area contributed by atoms with Crippen molar-refractivity contribution in [1.82, 2.24) is 5.32 Å². The number of nitrogens with one attached hydrogen (secondary N) is 1. The molecule has 1 amide bonds. The SMILES string of the molecule is COCC(Cl)CNC(=O)c1ccc(Cl)cc1O.